The predicted octanol–water partition coefficient (Wildman–Crippen LogP) is 4.57. The number of H-pyrrole nitrogens is 1. The molecular formula is C28H31N5O2. The van der Waals surface area contributed by atoms with Crippen molar-refractivity contribution in [1.29, 1.82) is 0 Å². The number of ether oxygens (including phenoxy) is 2. The number of morpholine rings is 1. The van der Waals surface area contributed by atoms with Crippen LogP contribution in [0.5, 0.6) is 5.75 Å². The van der Waals surface area contributed by atoms with E-state index in [-0.39, 0.29) is 0 Å². The van der Waals surface area contributed by atoms with Crippen LogP contribution in [0, 0.1) is 6.92 Å². The fourth-order valence-electron chi connectivity index (χ4n) is 4.98. The van der Waals surface area contributed by atoms with Crippen LogP contribution < -0.4 is 15.0 Å². The molecule has 0 bridgehead atoms. The van der Waals surface area contributed by atoms with Crippen molar-refractivity contribution < 1.29 is 9.47 Å². The summed E-state index contributed by atoms with van der Waals surface area (Å²) in [6.07, 6.45) is 4.23. The maximum atomic E-state index is 6.30. The number of nitrogens with zero attached hydrogens (tertiary/aromatic N) is 3. The molecule has 0 atom stereocenters. The number of rotatable bonds is 5. The standard InChI is InChI=1S/C28H31N5O2/c1-19-18-21(4-7-25(19)35-23-8-11-29-12-9-23)24-10-13-30-28-26(24)31-27(32-28)20-2-5-22(6-3-20)33-14-16-34-17-15-33/h2-7,10,13,18,23,29H,8-9,11-12,14-17H2,1H3,(H,30,31,32). The summed E-state index contributed by atoms with van der Waals surface area (Å²) in [5, 5.41) is 3.39. The molecule has 7 heteroatoms. The van der Waals surface area contributed by atoms with Crippen molar-refractivity contribution in [2.45, 2.75) is 25.9 Å². The fraction of sp³-hybridized carbons (Fsp3) is 0.357. The van der Waals surface area contributed by atoms with Crippen molar-refractivity contribution in [1.82, 2.24) is 20.3 Å². The molecule has 4 heterocycles. The molecule has 35 heavy (non-hydrogen) atoms. The Morgan fingerprint density at radius 1 is 0.971 bits per heavy atom. The maximum absolute atomic E-state index is 6.30. The molecule has 2 aliphatic heterocycles. The molecule has 0 radical (unpaired) electrons. The molecule has 2 N–H and O–H groups in total. The second kappa shape index (κ2) is 9.68. The lowest BCUT2D eigenvalue weighted by Gasteiger charge is -2.28. The highest BCUT2D eigenvalue weighted by Gasteiger charge is 2.17. The molecular weight excluding hydrogens is 438 g/mol. The van der Waals surface area contributed by atoms with Gasteiger partial charge in [-0.15, -0.1) is 0 Å². The smallest absolute Gasteiger partial charge is 0.178 e. The number of piperidine rings is 1. The number of fused-ring (bicyclic) bond motifs is 1. The van der Waals surface area contributed by atoms with E-state index in [9.17, 15) is 0 Å². The molecule has 4 aromatic rings. The van der Waals surface area contributed by atoms with Crippen molar-refractivity contribution >= 4 is 16.9 Å². The number of aromatic amines is 1. The topological polar surface area (TPSA) is 75.3 Å². The van der Waals surface area contributed by atoms with E-state index in [1.807, 2.05) is 12.3 Å². The summed E-state index contributed by atoms with van der Waals surface area (Å²) in [6.45, 7) is 7.59. The lowest BCUT2D eigenvalue weighted by molar-refractivity contribution is 0.122. The van der Waals surface area contributed by atoms with Gasteiger partial charge in [0.2, 0.25) is 0 Å². The SMILES string of the molecule is Cc1cc(-c2ccnc3nc(-c4ccc(N5CCOCC5)cc4)[nH]c23)ccc1OC1CCNCC1. The van der Waals surface area contributed by atoms with Crippen molar-refractivity contribution in [2.24, 2.45) is 0 Å². The van der Waals surface area contributed by atoms with E-state index in [0.29, 0.717) is 6.10 Å². The van der Waals surface area contributed by atoms with Crippen LogP contribution in [0.15, 0.2) is 54.7 Å². The molecule has 2 saturated heterocycles. The van der Waals surface area contributed by atoms with Crippen molar-refractivity contribution in [3.05, 3.63) is 60.3 Å². The van der Waals surface area contributed by atoms with Gasteiger partial charge >= 0.3 is 0 Å². The molecule has 0 amide bonds. The third-order valence-electron chi connectivity index (χ3n) is 6.97. The van der Waals surface area contributed by atoms with Crippen LogP contribution in [-0.2, 0) is 4.74 Å². The summed E-state index contributed by atoms with van der Waals surface area (Å²) < 4.78 is 11.8. The highest BCUT2D eigenvalue weighted by Crippen LogP contribution is 2.32. The number of aryl methyl sites for hydroxylation is 1. The number of pyridine rings is 1. The molecule has 0 unspecified atom stereocenters. The summed E-state index contributed by atoms with van der Waals surface area (Å²) >= 11 is 0. The quantitative estimate of drug-likeness (QED) is 0.446. The minimum absolute atomic E-state index is 0.290. The lowest BCUT2D eigenvalue weighted by atomic mass is 10.0. The van der Waals surface area contributed by atoms with E-state index in [1.165, 1.54) is 5.69 Å². The van der Waals surface area contributed by atoms with Crippen LogP contribution in [-0.4, -0.2) is 60.4 Å². The predicted molar refractivity (Wildman–Crippen MR) is 139 cm³/mol. The summed E-state index contributed by atoms with van der Waals surface area (Å²) in [5.74, 6) is 1.80. The van der Waals surface area contributed by atoms with Crippen LogP contribution >= 0.6 is 0 Å². The zero-order chi connectivity index (χ0) is 23.6. The Hall–Kier alpha value is -3.42. The number of nitrogens with one attached hydrogen (secondary N) is 2. The summed E-state index contributed by atoms with van der Waals surface area (Å²) in [5.41, 5.74) is 7.31. The monoisotopic (exact) mass is 469 g/mol. The highest BCUT2D eigenvalue weighted by molar-refractivity contribution is 5.91. The molecule has 6 rings (SSSR count). The largest absolute Gasteiger partial charge is 0.490 e. The van der Waals surface area contributed by atoms with Crippen molar-refractivity contribution in [2.75, 3.05) is 44.3 Å². The molecule has 2 aliphatic rings. The van der Waals surface area contributed by atoms with E-state index in [1.54, 1.807) is 0 Å². The van der Waals surface area contributed by atoms with Gasteiger partial charge in [-0.3, -0.25) is 0 Å². The van der Waals surface area contributed by atoms with E-state index in [4.69, 9.17) is 14.5 Å². The number of hydrogen-bond donors (Lipinski definition) is 2. The zero-order valence-corrected chi connectivity index (χ0v) is 20.1. The number of imidazole rings is 1. The van der Waals surface area contributed by atoms with Gasteiger partial charge in [0.25, 0.3) is 0 Å². The van der Waals surface area contributed by atoms with Crippen LogP contribution in [0.1, 0.15) is 18.4 Å². The van der Waals surface area contributed by atoms with E-state index >= 15 is 0 Å². The van der Waals surface area contributed by atoms with E-state index in [2.05, 4.69) is 69.6 Å². The lowest BCUT2D eigenvalue weighted by Crippen LogP contribution is -2.36. The van der Waals surface area contributed by atoms with Crippen LogP contribution in [0.25, 0.3) is 33.7 Å². The molecule has 0 saturated carbocycles. The van der Waals surface area contributed by atoms with Gasteiger partial charge in [-0.05, 0) is 86.4 Å². The third kappa shape index (κ3) is 4.61. The number of hydrogen-bond acceptors (Lipinski definition) is 6. The van der Waals surface area contributed by atoms with Gasteiger partial charge in [-0.25, -0.2) is 9.97 Å². The van der Waals surface area contributed by atoms with E-state index in [0.717, 1.165) is 97.2 Å². The van der Waals surface area contributed by atoms with Gasteiger partial charge in [-0.1, -0.05) is 6.07 Å². The first-order valence-electron chi connectivity index (χ1n) is 12.5. The Balaban J connectivity index is 1.26. The first-order valence-corrected chi connectivity index (χ1v) is 12.5. The van der Waals surface area contributed by atoms with Crippen LogP contribution in [0.2, 0.25) is 0 Å². The maximum Gasteiger partial charge on any atom is 0.178 e. The fourth-order valence-corrected chi connectivity index (χ4v) is 4.98. The number of aromatic nitrogens is 3. The van der Waals surface area contributed by atoms with E-state index < -0.39 is 0 Å². The van der Waals surface area contributed by atoms with Gasteiger partial charge < -0.3 is 24.7 Å². The molecule has 2 aromatic carbocycles. The Labute approximate surface area is 205 Å². The van der Waals surface area contributed by atoms with Gasteiger partial charge in [0, 0.05) is 36.1 Å². The molecule has 2 fully saturated rings. The first kappa shape index (κ1) is 22.1. The van der Waals surface area contributed by atoms with Crippen molar-refractivity contribution in [3.63, 3.8) is 0 Å². The first-order chi connectivity index (χ1) is 17.2. The number of benzene rings is 2. The minimum atomic E-state index is 0.290. The normalized spacial score (nSPS) is 17.1. The van der Waals surface area contributed by atoms with Gasteiger partial charge in [0.05, 0.1) is 18.7 Å². The molecule has 7 nitrogen and oxygen atoms in total. The van der Waals surface area contributed by atoms with Crippen LogP contribution in [0.3, 0.4) is 0 Å². The number of anilines is 1. The molecule has 180 valence electrons. The van der Waals surface area contributed by atoms with Gasteiger partial charge in [-0.2, -0.15) is 0 Å². The Bertz CT molecular complexity index is 1300. The summed E-state index contributed by atoms with van der Waals surface area (Å²) in [7, 11) is 0. The Kier molecular flexibility index (Phi) is 6.10. The highest BCUT2D eigenvalue weighted by atomic mass is 16.5. The minimum Gasteiger partial charge on any atom is -0.490 e. The third-order valence-corrected chi connectivity index (χ3v) is 6.97. The van der Waals surface area contributed by atoms with Crippen molar-refractivity contribution in [3.8, 4) is 28.3 Å². The Morgan fingerprint density at radius 2 is 1.74 bits per heavy atom. The zero-order valence-electron chi connectivity index (χ0n) is 20.1. The Morgan fingerprint density at radius 3 is 2.51 bits per heavy atom. The molecule has 0 spiro atoms. The summed E-state index contributed by atoms with van der Waals surface area (Å²) in [6, 6.07) is 17.0. The summed E-state index contributed by atoms with van der Waals surface area (Å²) in [4.78, 5) is 15.2. The van der Waals surface area contributed by atoms with Gasteiger partial charge in [0.15, 0.2) is 5.65 Å². The second-order valence-electron chi connectivity index (χ2n) is 9.34. The molecule has 2 aromatic heterocycles. The average Bonchev–Trinajstić information content (AvgIpc) is 3.36. The van der Waals surface area contributed by atoms with Crippen LogP contribution in [0.4, 0.5) is 5.69 Å². The average molecular weight is 470 g/mol. The second-order valence-corrected chi connectivity index (χ2v) is 9.34. The van der Waals surface area contributed by atoms with Gasteiger partial charge in [0.1, 0.15) is 17.7 Å². The molecule has 0 aliphatic carbocycles.